The van der Waals surface area contributed by atoms with Crippen LogP contribution in [0.1, 0.15) is 20.3 Å². The van der Waals surface area contributed by atoms with Crippen molar-refractivity contribution in [2.24, 2.45) is 0 Å². The van der Waals surface area contributed by atoms with Gasteiger partial charge in [0.1, 0.15) is 6.61 Å². The van der Waals surface area contributed by atoms with Gasteiger partial charge in [0.15, 0.2) is 0 Å². The summed E-state index contributed by atoms with van der Waals surface area (Å²) in [7, 11) is 0. The average molecular weight is 329 g/mol. The SMILES string of the molecule is CC(C)NCCCOCC(=O)Nc1cccc(Br)c1. The van der Waals surface area contributed by atoms with E-state index in [0.717, 1.165) is 23.1 Å². The molecule has 0 saturated heterocycles. The zero-order valence-electron chi connectivity index (χ0n) is 11.4. The standard InChI is InChI=1S/C14H21BrN2O2/c1-11(2)16-7-4-8-19-10-14(18)17-13-6-3-5-12(15)9-13/h3,5-6,9,11,16H,4,7-8,10H2,1-2H3,(H,17,18). The maximum absolute atomic E-state index is 11.6. The lowest BCUT2D eigenvalue weighted by Gasteiger charge is -2.08. The lowest BCUT2D eigenvalue weighted by atomic mass is 10.3. The fourth-order valence-corrected chi connectivity index (χ4v) is 1.89. The number of hydrogen-bond donors (Lipinski definition) is 2. The van der Waals surface area contributed by atoms with Crippen LogP contribution in [0.15, 0.2) is 28.7 Å². The van der Waals surface area contributed by atoms with Gasteiger partial charge in [-0.2, -0.15) is 0 Å². The van der Waals surface area contributed by atoms with E-state index >= 15 is 0 Å². The van der Waals surface area contributed by atoms with Crippen molar-refractivity contribution in [3.8, 4) is 0 Å². The number of anilines is 1. The summed E-state index contributed by atoms with van der Waals surface area (Å²) in [6.07, 6.45) is 0.905. The molecule has 0 atom stereocenters. The van der Waals surface area contributed by atoms with Gasteiger partial charge in [-0.3, -0.25) is 4.79 Å². The Balaban J connectivity index is 2.11. The summed E-state index contributed by atoms with van der Waals surface area (Å²) in [5.41, 5.74) is 0.768. The summed E-state index contributed by atoms with van der Waals surface area (Å²) in [6, 6.07) is 7.96. The highest BCUT2D eigenvalue weighted by atomic mass is 79.9. The van der Waals surface area contributed by atoms with E-state index in [0.29, 0.717) is 12.6 Å². The fourth-order valence-electron chi connectivity index (χ4n) is 1.49. The molecular formula is C14H21BrN2O2. The zero-order valence-corrected chi connectivity index (χ0v) is 13.0. The van der Waals surface area contributed by atoms with Crippen LogP contribution in [0.2, 0.25) is 0 Å². The zero-order chi connectivity index (χ0) is 14.1. The van der Waals surface area contributed by atoms with Gasteiger partial charge in [-0.05, 0) is 31.2 Å². The molecular weight excluding hydrogens is 308 g/mol. The van der Waals surface area contributed by atoms with E-state index in [-0.39, 0.29) is 12.5 Å². The predicted molar refractivity (Wildman–Crippen MR) is 81.3 cm³/mol. The van der Waals surface area contributed by atoms with Crippen LogP contribution in [-0.4, -0.2) is 31.7 Å². The summed E-state index contributed by atoms with van der Waals surface area (Å²) in [5, 5.41) is 6.08. The van der Waals surface area contributed by atoms with Crippen LogP contribution < -0.4 is 10.6 Å². The van der Waals surface area contributed by atoms with E-state index < -0.39 is 0 Å². The molecule has 0 bridgehead atoms. The van der Waals surface area contributed by atoms with Gasteiger partial charge >= 0.3 is 0 Å². The van der Waals surface area contributed by atoms with Crippen molar-refractivity contribution in [2.75, 3.05) is 25.1 Å². The van der Waals surface area contributed by atoms with E-state index in [1.807, 2.05) is 24.3 Å². The molecule has 0 aromatic heterocycles. The Labute approximate surface area is 123 Å². The van der Waals surface area contributed by atoms with Crippen LogP contribution in [0.25, 0.3) is 0 Å². The molecule has 0 aliphatic rings. The van der Waals surface area contributed by atoms with Crippen LogP contribution in [0, 0.1) is 0 Å². The number of ether oxygens (including phenoxy) is 1. The molecule has 0 fully saturated rings. The summed E-state index contributed by atoms with van der Waals surface area (Å²) in [6.45, 7) is 5.79. The highest BCUT2D eigenvalue weighted by Crippen LogP contribution is 2.15. The number of rotatable bonds is 8. The Morgan fingerprint density at radius 2 is 2.21 bits per heavy atom. The monoisotopic (exact) mass is 328 g/mol. The normalized spacial score (nSPS) is 10.7. The molecule has 0 radical (unpaired) electrons. The Hall–Kier alpha value is -0.910. The summed E-state index contributed by atoms with van der Waals surface area (Å²) < 4.78 is 6.25. The fraction of sp³-hybridized carbons (Fsp3) is 0.500. The Kier molecular flexibility index (Phi) is 7.70. The maximum atomic E-state index is 11.6. The van der Waals surface area contributed by atoms with E-state index in [4.69, 9.17) is 4.74 Å². The van der Waals surface area contributed by atoms with Crippen molar-refractivity contribution in [2.45, 2.75) is 26.3 Å². The van der Waals surface area contributed by atoms with Gasteiger partial charge in [0.05, 0.1) is 0 Å². The van der Waals surface area contributed by atoms with Gasteiger partial charge in [-0.15, -0.1) is 0 Å². The van der Waals surface area contributed by atoms with Crippen molar-refractivity contribution in [1.82, 2.24) is 5.32 Å². The molecule has 0 unspecified atom stereocenters. The molecule has 5 heteroatoms. The molecule has 4 nitrogen and oxygen atoms in total. The highest BCUT2D eigenvalue weighted by molar-refractivity contribution is 9.10. The third-order valence-electron chi connectivity index (χ3n) is 2.36. The quantitative estimate of drug-likeness (QED) is 0.721. The van der Waals surface area contributed by atoms with Crippen LogP contribution in [0.4, 0.5) is 5.69 Å². The number of carbonyl (C=O) groups is 1. The van der Waals surface area contributed by atoms with Crippen molar-refractivity contribution in [3.05, 3.63) is 28.7 Å². The molecule has 1 amide bonds. The Morgan fingerprint density at radius 1 is 1.42 bits per heavy atom. The smallest absolute Gasteiger partial charge is 0.250 e. The molecule has 1 rings (SSSR count). The van der Waals surface area contributed by atoms with Gasteiger partial charge in [-0.25, -0.2) is 0 Å². The predicted octanol–water partition coefficient (Wildman–Crippen LogP) is 2.79. The summed E-state index contributed by atoms with van der Waals surface area (Å²) in [5.74, 6) is -0.130. The number of amides is 1. The Bertz CT molecular complexity index is 397. The molecule has 1 aromatic rings. The highest BCUT2D eigenvalue weighted by Gasteiger charge is 2.02. The van der Waals surface area contributed by atoms with Crippen LogP contribution in [-0.2, 0) is 9.53 Å². The first-order chi connectivity index (χ1) is 9.08. The molecule has 1 aromatic carbocycles. The lowest BCUT2D eigenvalue weighted by molar-refractivity contribution is -0.120. The minimum atomic E-state index is -0.130. The third kappa shape index (κ3) is 7.97. The number of hydrogen-bond acceptors (Lipinski definition) is 3. The number of halogens is 1. The van der Waals surface area contributed by atoms with Gasteiger partial charge in [0, 0.05) is 22.8 Å². The largest absolute Gasteiger partial charge is 0.372 e. The molecule has 0 saturated carbocycles. The van der Waals surface area contributed by atoms with E-state index in [1.165, 1.54) is 0 Å². The van der Waals surface area contributed by atoms with Gasteiger partial charge in [-0.1, -0.05) is 35.8 Å². The minimum Gasteiger partial charge on any atom is -0.372 e. The van der Waals surface area contributed by atoms with Crippen molar-refractivity contribution in [3.63, 3.8) is 0 Å². The summed E-state index contributed by atoms with van der Waals surface area (Å²) in [4.78, 5) is 11.6. The third-order valence-corrected chi connectivity index (χ3v) is 2.85. The average Bonchev–Trinajstić information content (AvgIpc) is 2.33. The second kappa shape index (κ2) is 9.07. The van der Waals surface area contributed by atoms with Crippen LogP contribution in [0.3, 0.4) is 0 Å². The molecule has 106 valence electrons. The van der Waals surface area contributed by atoms with Crippen LogP contribution >= 0.6 is 15.9 Å². The second-order valence-corrected chi connectivity index (χ2v) is 5.49. The lowest BCUT2D eigenvalue weighted by Crippen LogP contribution is -2.25. The molecule has 0 spiro atoms. The first-order valence-electron chi connectivity index (χ1n) is 6.44. The van der Waals surface area contributed by atoms with Gasteiger partial charge in [0.2, 0.25) is 5.91 Å². The molecule has 0 aliphatic heterocycles. The van der Waals surface area contributed by atoms with Crippen molar-refractivity contribution in [1.29, 1.82) is 0 Å². The molecule has 2 N–H and O–H groups in total. The minimum absolute atomic E-state index is 0.0915. The molecule has 19 heavy (non-hydrogen) atoms. The van der Waals surface area contributed by atoms with E-state index in [2.05, 4.69) is 40.4 Å². The second-order valence-electron chi connectivity index (χ2n) is 4.57. The van der Waals surface area contributed by atoms with Gasteiger partial charge < -0.3 is 15.4 Å². The number of benzene rings is 1. The van der Waals surface area contributed by atoms with Crippen molar-refractivity contribution >= 4 is 27.5 Å². The first-order valence-corrected chi connectivity index (χ1v) is 7.24. The van der Waals surface area contributed by atoms with Gasteiger partial charge in [0.25, 0.3) is 0 Å². The molecule has 0 heterocycles. The van der Waals surface area contributed by atoms with E-state index in [1.54, 1.807) is 0 Å². The van der Waals surface area contributed by atoms with Crippen LogP contribution in [0.5, 0.6) is 0 Å². The number of nitrogens with one attached hydrogen (secondary N) is 2. The maximum Gasteiger partial charge on any atom is 0.250 e. The Morgan fingerprint density at radius 3 is 2.89 bits per heavy atom. The molecule has 0 aliphatic carbocycles. The first kappa shape index (κ1) is 16.1. The topological polar surface area (TPSA) is 50.4 Å². The number of carbonyl (C=O) groups excluding carboxylic acids is 1. The summed E-state index contributed by atoms with van der Waals surface area (Å²) >= 11 is 3.36. The van der Waals surface area contributed by atoms with E-state index in [9.17, 15) is 4.79 Å². The van der Waals surface area contributed by atoms with Crippen molar-refractivity contribution < 1.29 is 9.53 Å².